The highest BCUT2D eigenvalue weighted by molar-refractivity contribution is 5.91. The third kappa shape index (κ3) is 6.53. The predicted molar refractivity (Wildman–Crippen MR) is 83.5 cm³/mol. The molecule has 0 aromatic heterocycles. The quantitative estimate of drug-likeness (QED) is 0.593. The van der Waals surface area contributed by atoms with E-state index < -0.39 is 0 Å². The number of nitrogens with one attached hydrogen (secondary N) is 1. The van der Waals surface area contributed by atoms with Crippen LogP contribution in [0.3, 0.4) is 0 Å². The van der Waals surface area contributed by atoms with Gasteiger partial charge in [-0.3, -0.25) is 4.79 Å². The highest BCUT2D eigenvalue weighted by Gasteiger charge is 1.99. The van der Waals surface area contributed by atoms with Crippen LogP contribution in [0.4, 0.5) is 0 Å². The number of carbonyl (C=O) groups excluding carboxylic acids is 1. The molecular weight excluding hydrogens is 250 g/mol. The molecule has 3 nitrogen and oxygen atoms in total. The Kier molecular flexibility index (Phi) is 7.02. The standard InChI is InChI=1S/C17H25NO2/c1-13(2)16-9-6-15(7-10-16)8-11-17(20)18-12-4-5-14(3)19/h6-11,13-14,19H,4-5,12H2,1-3H3,(H,18,20)/b11-8+. The molecule has 0 bridgehead atoms. The number of rotatable bonds is 7. The molecule has 1 amide bonds. The van der Waals surface area contributed by atoms with E-state index in [0.717, 1.165) is 12.0 Å². The average Bonchev–Trinajstić information content (AvgIpc) is 2.41. The zero-order valence-electron chi connectivity index (χ0n) is 12.6. The molecule has 110 valence electrons. The molecule has 20 heavy (non-hydrogen) atoms. The fraction of sp³-hybridized carbons (Fsp3) is 0.471. The maximum atomic E-state index is 11.6. The van der Waals surface area contributed by atoms with Gasteiger partial charge in [0.15, 0.2) is 0 Å². The van der Waals surface area contributed by atoms with Gasteiger partial charge in [-0.05, 0) is 42.9 Å². The maximum absolute atomic E-state index is 11.6. The average molecular weight is 275 g/mol. The first-order valence-electron chi connectivity index (χ1n) is 7.23. The second-order valence-electron chi connectivity index (χ2n) is 5.44. The van der Waals surface area contributed by atoms with Gasteiger partial charge in [-0.15, -0.1) is 0 Å². The van der Waals surface area contributed by atoms with Crippen molar-refractivity contribution in [3.05, 3.63) is 41.5 Å². The molecule has 2 N–H and O–H groups in total. The van der Waals surface area contributed by atoms with E-state index in [-0.39, 0.29) is 12.0 Å². The summed E-state index contributed by atoms with van der Waals surface area (Å²) >= 11 is 0. The second-order valence-corrected chi connectivity index (χ2v) is 5.44. The Balaban J connectivity index is 2.37. The summed E-state index contributed by atoms with van der Waals surface area (Å²) in [4.78, 5) is 11.6. The highest BCUT2D eigenvalue weighted by atomic mass is 16.3. The molecule has 1 aromatic rings. The monoisotopic (exact) mass is 275 g/mol. The minimum atomic E-state index is -0.304. The van der Waals surface area contributed by atoms with E-state index in [4.69, 9.17) is 5.11 Å². The topological polar surface area (TPSA) is 49.3 Å². The number of benzene rings is 1. The van der Waals surface area contributed by atoms with E-state index in [1.54, 1.807) is 13.0 Å². The number of aliphatic hydroxyl groups is 1. The van der Waals surface area contributed by atoms with Gasteiger partial charge in [-0.25, -0.2) is 0 Å². The highest BCUT2D eigenvalue weighted by Crippen LogP contribution is 2.15. The molecule has 0 heterocycles. The Hall–Kier alpha value is -1.61. The number of carbonyl (C=O) groups is 1. The van der Waals surface area contributed by atoms with Crippen molar-refractivity contribution in [2.24, 2.45) is 0 Å². The van der Waals surface area contributed by atoms with E-state index in [1.165, 1.54) is 5.56 Å². The fourth-order valence-corrected chi connectivity index (χ4v) is 1.83. The minimum Gasteiger partial charge on any atom is -0.393 e. The smallest absolute Gasteiger partial charge is 0.243 e. The number of aliphatic hydroxyl groups excluding tert-OH is 1. The summed E-state index contributed by atoms with van der Waals surface area (Å²) in [5.41, 5.74) is 2.32. The molecule has 0 aliphatic rings. The van der Waals surface area contributed by atoms with Crippen molar-refractivity contribution in [1.82, 2.24) is 5.32 Å². The molecule has 0 fully saturated rings. The number of hydrogen-bond donors (Lipinski definition) is 2. The molecule has 0 aliphatic heterocycles. The Morgan fingerprint density at radius 2 is 1.90 bits per heavy atom. The summed E-state index contributed by atoms with van der Waals surface area (Å²) in [6.07, 6.45) is 4.56. The third-order valence-electron chi connectivity index (χ3n) is 3.13. The molecule has 0 radical (unpaired) electrons. The summed E-state index contributed by atoms with van der Waals surface area (Å²) in [7, 11) is 0. The molecule has 0 spiro atoms. The Morgan fingerprint density at radius 3 is 2.45 bits per heavy atom. The van der Waals surface area contributed by atoms with Crippen molar-refractivity contribution in [3.63, 3.8) is 0 Å². The lowest BCUT2D eigenvalue weighted by molar-refractivity contribution is -0.116. The molecule has 0 saturated carbocycles. The summed E-state index contributed by atoms with van der Waals surface area (Å²) in [5.74, 6) is 0.425. The van der Waals surface area contributed by atoms with Crippen molar-refractivity contribution in [2.75, 3.05) is 6.54 Å². The molecule has 3 heteroatoms. The van der Waals surface area contributed by atoms with Crippen LogP contribution in [0.15, 0.2) is 30.3 Å². The largest absolute Gasteiger partial charge is 0.393 e. The minimum absolute atomic E-state index is 0.0940. The first-order chi connectivity index (χ1) is 9.49. The van der Waals surface area contributed by atoms with Crippen LogP contribution >= 0.6 is 0 Å². The van der Waals surface area contributed by atoms with Gasteiger partial charge in [0.25, 0.3) is 0 Å². The van der Waals surface area contributed by atoms with Crippen molar-refractivity contribution in [1.29, 1.82) is 0 Å². The Morgan fingerprint density at radius 1 is 1.25 bits per heavy atom. The summed E-state index contributed by atoms with van der Waals surface area (Å²) in [6.45, 7) is 6.67. The van der Waals surface area contributed by atoms with Crippen molar-refractivity contribution in [2.45, 2.75) is 45.6 Å². The van der Waals surface area contributed by atoms with E-state index in [9.17, 15) is 4.79 Å². The van der Waals surface area contributed by atoms with Gasteiger partial charge in [0.05, 0.1) is 6.10 Å². The van der Waals surface area contributed by atoms with Crippen LogP contribution in [0.5, 0.6) is 0 Å². The van der Waals surface area contributed by atoms with Crippen LogP contribution in [0, 0.1) is 0 Å². The van der Waals surface area contributed by atoms with E-state index in [1.807, 2.05) is 18.2 Å². The maximum Gasteiger partial charge on any atom is 0.243 e. The number of hydrogen-bond acceptors (Lipinski definition) is 2. The van der Waals surface area contributed by atoms with Gasteiger partial charge >= 0.3 is 0 Å². The molecular formula is C17H25NO2. The summed E-state index contributed by atoms with van der Waals surface area (Å²) in [5, 5.41) is 11.9. The zero-order valence-corrected chi connectivity index (χ0v) is 12.6. The van der Waals surface area contributed by atoms with Crippen LogP contribution in [-0.2, 0) is 4.79 Å². The van der Waals surface area contributed by atoms with Crippen molar-refractivity contribution >= 4 is 12.0 Å². The van der Waals surface area contributed by atoms with Gasteiger partial charge in [-0.1, -0.05) is 38.1 Å². The molecule has 1 aromatic carbocycles. The lowest BCUT2D eigenvalue weighted by Crippen LogP contribution is -2.22. The van der Waals surface area contributed by atoms with Gasteiger partial charge in [-0.2, -0.15) is 0 Å². The molecule has 1 atom stereocenters. The van der Waals surface area contributed by atoms with Gasteiger partial charge in [0, 0.05) is 12.6 Å². The predicted octanol–water partition coefficient (Wildman–Crippen LogP) is 3.10. The fourth-order valence-electron chi connectivity index (χ4n) is 1.83. The van der Waals surface area contributed by atoms with Crippen LogP contribution in [0.25, 0.3) is 6.08 Å². The second kappa shape index (κ2) is 8.54. The molecule has 0 saturated heterocycles. The third-order valence-corrected chi connectivity index (χ3v) is 3.13. The summed E-state index contributed by atoms with van der Waals surface area (Å²) in [6, 6.07) is 8.22. The zero-order chi connectivity index (χ0) is 15.0. The van der Waals surface area contributed by atoms with Crippen LogP contribution in [0.2, 0.25) is 0 Å². The lowest BCUT2D eigenvalue weighted by Gasteiger charge is -2.05. The van der Waals surface area contributed by atoms with E-state index in [0.29, 0.717) is 18.9 Å². The number of amides is 1. The van der Waals surface area contributed by atoms with Crippen LogP contribution < -0.4 is 5.32 Å². The lowest BCUT2D eigenvalue weighted by atomic mass is 10.0. The van der Waals surface area contributed by atoms with Gasteiger partial charge < -0.3 is 10.4 Å². The van der Waals surface area contributed by atoms with Crippen LogP contribution in [-0.4, -0.2) is 23.7 Å². The van der Waals surface area contributed by atoms with Crippen molar-refractivity contribution < 1.29 is 9.90 Å². The summed E-state index contributed by atoms with van der Waals surface area (Å²) < 4.78 is 0. The SMILES string of the molecule is CC(O)CCCNC(=O)/C=C/c1ccc(C(C)C)cc1. The molecule has 0 aliphatic carbocycles. The first-order valence-corrected chi connectivity index (χ1v) is 7.23. The molecule has 1 rings (SSSR count). The Labute approximate surface area is 121 Å². The normalized spacial score (nSPS) is 12.8. The van der Waals surface area contributed by atoms with Gasteiger partial charge in [0.1, 0.15) is 0 Å². The first kappa shape index (κ1) is 16.4. The molecule has 1 unspecified atom stereocenters. The van der Waals surface area contributed by atoms with Crippen LogP contribution in [0.1, 0.15) is 50.7 Å². The van der Waals surface area contributed by atoms with E-state index in [2.05, 4.69) is 31.3 Å². The Bertz CT molecular complexity index is 433. The van der Waals surface area contributed by atoms with E-state index >= 15 is 0 Å². The van der Waals surface area contributed by atoms with Gasteiger partial charge in [0.2, 0.25) is 5.91 Å². The van der Waals surface area contributed by atoms with Crippen molar-refractivity contribution in [3.8, 4) is 0 Å².